The van der Waals surface area contributed by atoms with Crippen molar-refractivity contribution in [1.82, 2.24) is 0 Å². The van der Waals surface area contributed by atoms with Crippen LogP contribution in [0.1, 0.15) is 51.4 Å². The van der Waals surface area contributed by atoms with Gasteiger partial charge in [-0.2, -0.15) is 0 Å². The van der Waals surface area contributed by atoms with Crippen molar-refractivity contribution >= 4 is 0 Å². The minimum Gasteiger partial charge on any atom is -0.0999 e. The lowest BCUT2D eigenvalue weighted by Crippen LogP contribution is -1.80. The highest BCUT2D eigenvalue weighted by Crippen LogP contribution is 2.19. The maximum atomic E-state index is 4.06. The van der Waals surface area contributed by atoms with Gasteiger partial charge in [0.25, 0.3) is 0 Å². The van der Waals surface area contributed by atoms with Crippen LogP contribution >= 0.6 is 0 Å². The second-order valence-corrected chi connectivity index (χ2v) is 3.37. The molecule has 1 aliphatic carbocycles. The molecule has 0 radical (unpaired) electrons. The van der Waals surface area contributed by atoms with Crippen LogP contribution in [0.3, 0.4) is 0 Å². The molecule has 1 saturated carbocycles. The molecule has 0 unspecified atom stereocenters. The van der Waals surface area contributed by atoms with E-state index >= 15 is 0 Å². The average Bonchev–Trinajstić information content (AvgIpc) is 2.02. The smallest absolute Gasteiger partial charge is 0.0323 e. The Hall–Kier alpha value is -0.260. The summed E-state index contributed by atoms with van der Waals surface area (Å²) < 4.78 is 0. The Morgan fingerprint density at radius 1 is 0.700 bits per heavy atom. The molecule has 0 aromatic carbocycles. The Morgan fingerprint density at radius 3 is 1.60 bits per heavy atom. The van der Waals surface area contributed by atoms with Crippen molar-refractivity contribution in [3.8, 4) is 0 Å². The predicted octanol–water partition coefficient (Wildman–Crippen LogP) is 3.68. The summed E-state index contributed by atoms with van der Waals surface area (Å²) in [5.41, 5.74) is 1.49. The predicted molar refractivity (Wildman–Crippen MR) is 46.1 cm³/mol. The first-order valence-electron chi connectivity index (χ1n) is 4.56. The molecule has 1 rings (SSSR count). The molecular weight excluding hydrogens is 120 g/mol. The topological polar surface area (TPSA) is 0 Å². The van der Waals surface area contributed by atoms with E-state index in [1.165, 1.54) is 56.9 Å². The van der Waals surface area contributed by atoms with Crippen molar-refractivity contribution in [2.45, 2.75) is 51.4 Å². The lowest BCUT2D eigenvalue weighted by Gasteiger charge is -2.00. The van der Waals surface area contributed by atoms with Gasteiger partial charge in [0.15, 0.2) is 0 Å². The monoisotopic (exact) mass is 138 g/mol. The molecular formula is C10H18. The van der Waals surface area contributed by atoms with Gasteiger partial charge in [0, 0.05) is 0 Å². The van der Waals surface area contributed by atoms with Crippen molar-refractivity contribution in [2.75, 3.05) is 0 Å². The van der Waals surface area contributed by atoms with E-state index in [9.17, 15) is 0 Å². The van der Waals surface area contributed by atoms with Gasteiger partial charge in [-0.1, -0.05) is 37.8 Å². The highest BCUT2D eigenvalue weighted by Gasteiger charge is 1.99. The zero-order valence-corrected chi connectivity index (χ0v) is 6.86. The number of allylic oxidation sites excluding steroid dienone is 1. The Bertz CT molecular complexity index is 90.6. The Labute approximate surface area is 64.3 Å². The summed E-state index contributed by atoms with van der Waals surface area (Å²) in [5.74, 6) is 0. The first-order valence-corrected chi connectivity index (χ1v) is 4.56. The minimum absolute atomic E-state index is 1.29. The second-order valence-electron chi connectivity index (χ2n) is 3.37. The van der Waals surface area contributed by atoms with Crippen LogP contribution in [0.4, 0.5) is 0 Å². The van der Waals surface area contributed by atoms with Gasteiger partial charge in [-0.3, -0.25) is 0 Å². The van der Waals surface area contributed by atoms with Crippen LogP contribution in [0.2, 0.25) is 0 Å². The standard InChI is InChI=1S/C10H18/c1-10-8-6-4-2-3-5-7-9-10/h1-9H2. The van der Waals surface area contributed by atoms with E-state index in [2.05, 4.69) is 6.58 Å². The fraction of sp³-hybridized carbons (Fsp3) is 0.800. The van der Waals surface area contributed by atoms with Gasteiger partial charge in [0.05, 0.1) is 0 Å². The SMILES string of the molecule is C=C1CCCCCCCC1. The summed E-state index contributed by atoms with van der Waals surface area (Å²) in [6.45, 7) is 4.06. The van der Waals surface area contributed by atoms with Crippen molar-refractivity contribution < 1.29 is 0 Å². The van der Waals surface area contributed by atoms with Gasteiger partial charge < -0.3 is 0 Å². The molecule has 0 amide bonds. The van der Waals surface area contributed by atoms with Crippen LogP contribution in [0.5, 0.6) is 0 Å². The molecule has 0 heterocycles. The second kappa shape index (κ2) is 4.54. The Balaban J connectivity index is 2.21. The summed E-state index contributed by atoms with van der Waals surface area (Å²) in [4.78, 5) is 0. The molecule has 0 bridgehead atoms. The van der Waals surface area contributed by atoms with Crippen molar-refractivity contribution in [3.05, 3.63) is 12.2 Å². The highest BCUT2D eigenvalue weighted by atomic mass is 14.1. The average molecular weight is 138 g/mol. The number of hydrogen-bond donors (Lipinski definition) is 0. The molecule has 1 aliphatic rings. The van der Waals surface area contributed by atoms with Gasteiger partial charge in [0.1, 0.15) is 0 Å². The Morgan fingerprint density at radius 2 is 1.10 bits per heavy atom. The summed E-state index contributed by atoms with van der Waals surface area (Å²) in [6, 6.07) is 0. The van der Waals surface area contributed by atoms with Crippen LogP contribution in [0, 0.1) is 0 Å². The maximum Gasteiger partial charge on any atom is -0.0323 e. The zero-order chi connectivity index (χ0) is 7.23. The third-order valence-corrected chi connectivity index (χ3v) is 2.31. The third kappa shape index (κ3) is 3.05. The van der Waals surface area contributed by atoms with E-state index in [0.717, 1.165) is 0 Å². The van der Waals surface area contributed by atoms with E-state index in [1.807, 2.05) is 0 Å². The largest absolute Gasteiger partial charge is 0.0999 e. The molecule has 0 aromatic rings. The van der Waals surface area contributed by atoms with Crippen molar-refractivity contribution in [2.24, 2.45) is 0 Å². The molecule has 1 fully saturated rings. The fourth-order valence-corrected chi connectivity index (χ4v) is 1.58. The number of hydrogen-bond acceptors (Lipinski definition) is 0. The molecule has 0 aromatic heterocycles. The van der Waals surface area contributed by atoms with Gasteiger partial charge in [-0.15, -0.1) is 0 Å². The van der Waals surface area contributed by atoms with Gasteiger partial charge in [-0.25, -0.2) is 0 Å². The van der Waals surface area contributed by atoms with E-state index in [0.29, 0.717) is 0 Å². The lowest BCUT2D eigenvalue weighted by molar-refractivity contribution is 0.624. The van der Waals surface area contributed by atoms with Gasteiger partial charge in [0.2, 0.25) is 0 Å². The van der Waals surface area contributed by atoms with Crippen LogP contribution in [0.25, 0.3) is 0 Å². The zero-order valence-electron chi connectivity index (χ0n) is 6.86. The van der Waals surface area contributed by atoms with E-state index in [4.69, 9.17) is 0 Å². The van der Waals surface area contributed by atoms with Gasteiger partial charge >= 0.3 is 0 Å². The normalized spacial score (nSPS) is 23.0. The van der Waals surface area contributed by atoms with Gasteiger partial charge in [-0.05, 0) is 25.7 Å². The molecule has 0 nitrogen and oxygen atoms in total. The van der Waals surface area contributed by atoms with Crippen LogP contribution in [-0.2, 0) is 0 Å². The summed E-state index contributed by atoms with van der Waals surface area (Å²) >= 11 is 0. The lowest BCUT2D eigenvalue weighted by atomic mass is 10.1. The summed E-state index contributed by atoms with van der Waals surface area (Å²) in [6.07, 6.45) is 11.1. The first-order chi connectivity index (χ1) is 4.89. The van der Waals surface area contributed by atoms with E-state index < -0.39 is 0 Å². The summed E-state index contributed by atoms with van der Waals surface area (Å²) in [5, 5.41) is 0. The molecule has 0 saturated heterocycles. The molecule has 0 aliphatic heterocycles. The molecule has 10 heavy (non-hydrogen) atoms. The molecule has 0 atom stereocenters. The van der Waals surface area contributed by atoms with Crippen molar-refractivity contribution in [3.63, 3.8) is 0 Å². The summed E-state index contributed by atoms with van der Waals surface area (Å²) in [7, 11) is 0. The van der Waals surface area contributed by atoms with Crippen LogP contribution < -0.4 is 0 Å². The quantitative estimate of drug-likeness (QED) is 0.448. The maximum absolute atomic E-state index is 4.06. The highest BCUT2D eigenvalue weighted by molar-refractivity contribution is 4.93. The van der Waals surface area contributed by atoms with E-state index in [-0.39, 0.29) is 0 Å². The van der Waals surface area contributed by atoms with Crippen LogP contribution in [-0.4, -0.2) is 0 Å². The first kappa shape index (κ1) is 7.84. The van der Waals surface area contributed by atoms with Crippen LogP contribution in [0.15, 0.2) is 12.2 Å². The Kier molecular flexibility index (Phi) is 3.56. The molecule has 0 spiro atoms. The van der Waals surface area contributed by atoms with Crippen molar-refractivity contribution in [1.29, 1.82) is 0 Å². The fourth-order valence-electron chi connectivity index (χ4n) is 1.58. The number of rotatable bonds is 0. The molecule has 58 valence electrons. The molecule has 0 heteroatoms. The molecule has 0 N–H and O–H groups in total. The third-order valence-electron chi connectivity index (χ3n) is 2.31. The van der Waals surface area contributed by atoms with E-state index in [1.54, 1.807) is 0 Å². The minimum atomic E-state index is 1.29.